The van der Waals surface area contributed by atoms with Gasteiger partial charge in [0.15, 0.2) is 0 Å². The van der Waals surface area contributed by atoms with Crippen LogP contribution in [-0.4, -0.2) is 16.1 Å². The molecule has 4 nitrogen and oxygen atoms in total. The van der Waals surface area contributed by atoms with Gasteiger partial charge in [-0.1, -0.05) is 17.7 Å². The SMILES string of the molecule is O=c1c2c(Cl)cccc2nc2n1CCN2. The molecule has 0 saturated carbocycles. The summed E-state index contributed by atoms with van der Waals surface area (Å²) in [4.78, 5) is 16.4. The number of fused-ring (bicyclic) bond motifs is 2. The zero-order chi connectivity index (χ0) is 10.4. The molecule has 0 spiro atoms. The molecule has 1 N–H and O–H groups in total. The number of nitrogens with zero attached hydrogens (tertiary/aromatic N) is 2. The van der Waals surface area contributed by atoms with Crippen molar-refractivity contribution in [1.82, 2.24) is 9.55 Å². The highest BCUT2D eigenvalue weighted by molar-refractivity contribution is 6.35. The number of anilines is 1. The van der Waals surface area contributed by atoms with Gasteiger partial charge in [-0.05, 0) is 12.1 Å². The predicted molar refractivity (Wildman–Crippen MR) is 59.5 cm³/mol. The van der Waals surface area contributed by atoms with Crippen LogP contribution in [0.25, 0.3) is 10.9 Å². The first-order valence-electron chi connectivity index (χ1n) is 4.70. The predicted octanol–water partition coefficient (Wildman–Crippen LogP) is 1.48. The second kappa shape index (κ2) is 2.97. The summed E-state index contributed by atoms with van der Waals surface area (Å²) in [5.74, 6) is 0.634. The molecule has 76 valence electrons. The Kier molecular flexibility index (Phi) is 1.73. The van der Waals surface area contributed by atoms with E-state index in [-0.39, 0.29) is 5.56 Å². The Bertz CT molecular complexity index is 605. The zero-order valence-corrected chi connectivity index (χ0v) is 8.58. The van der Waals surface area contributed by atoms with E-state index in [1.54, 1.807) is 22.8 Å². The van der Waals surface area contributed by atoms with Gasteiger partial charge in [-0.2, -0.15) is 0 Å². The molecule has 0 saturated heterocycles. The van der Waals surface area contributed by atoms with Crippen LogP contribution in [0.1, 0.15) is 0 Å². The van der Waals surface area contributed by atoms with E-state index < -0.39 is 0 Å². The van der Waals surface area contributed by atoms with Crippen molar-refractivity contribution in [2.45, 2.75) is 6.54 Å². The molecule has 2 aromatic rings. The van der Waals surface area contributed by atoms with Crippen LogP contribution in [0.15, 0.2) is 23.0 Å². The van der Waals surface area contributed by atoms with Crippen LogP contribution in [-0.2, 0) is 6.54 Å². The van der Waals surface area contributed by atoms with Gasteiger partial charge < -0.3 is 5.32 Å². The van der Waals surface area contributed by atoms with E-state index in [1.807, 2.05) is 0 Å². The summed E-state index contributed by atoms with van der Waals surface area (Å²) in [5.41, 5.74) is 0.582. The van der Waals surface area contributed by atoms with E-state index in [2.05, 4.69) is 10.3 Å². The third kappa shape index (κ3) is 1.15. The lowest BCUT2D eigenvalue weighted by molar-refractivity contribution is 0.771. The van der Waals surface area contributed by atoms with Gasteiger partial charge in [0, 0.05) is 13.1 Å². The summed E-state index contributed by atoms with van der Waals surface area (Å²) < 4.78 is 1.62. The van der Waals surface area contributed by atoms with Gasteiger partial charge in [-0.25, -0.2) is 4.98 Å². The third-order valence-corrected chi connectivity index (χ3v) is 2.87. The average Bonchev–Trinajstić information content (AvgIpc) is 2.66. The second-order valence-electron chi connectivity index (χ2n) is 3.45. The highest BCUT2D eigenvalue weighted by Gasteiger charge is 2.16. The summed E-state index contributed by atoms with van der Waals surface area (Å²) in [6, 6.07) is 5.30. The topological polar surface area (TPSA) is 46.9 Å². The quantitative estimate of drug-likeness (QED) is 0.733. The Labute approximate surface area is 90.5 Å². The van der Waals surface area contributed by atoms with Crippen molar-refractivity contribution >= 4 is 28.5 Å². The fourth-order valence-corrected chi connectivity index (χ4v) is 2.10. The fraction of sp³-hybridized carbons (Fsp3) is 0.200. The smallest absolute Gasteiger partial charge is 0.264 e. The normalized spacial score (nSPS) is 13.9. The molecule has 2 heterocycles. The Morgan fingerprint density at radius 3 is 3.20 bits per heavy atom. The molecule has 1 aliphatic heterocycles. The van der Waals surface area contributed by atoms with E-state index in [9.17, 15) is 4.79 Å². The Morgan fingerprint density at radius 2 is 2.33 bits per heavy atom. The summed E-state index contributed by atoms with van der Waals surface area (Å²) >= 11 is 5.99. The first-order chi connectivity index (χ1) is 7.27. The van der Waals surface area contributed by atoms with Crippen molar-refractivity contribution in [3.63, 3.8) is 0 Å². The van der Waals surface area contributed by atoms with Gasteiger partial charge in [-0.3, -0.25) is 9.36 Å². The molecule has 15 heavy (non-hydrogen) atoms. The van der Waals surface area contributed by atoms with E-state index in [1.165, 1.54) is 0 Å². The second-order valence-corrected chi connectivity index (χ2v) is 3.86. The van der Waals surface area contributed by atoms with E-state index >= 15 is 0 Å². The molecule has 1 aliphatic rings. The molecular weight excluding hydrogens is 214 g/mol. The van der Waals surface area contributed by atoms with Crippen LogP contribution in [0.2, 0.25) is 5.02 Å². The maximum absolute atomic E-state index is 12.0. The van der Waals surface area contributed by atoms with Gasteiger partial charge in [0.05, 0.1) is 15.9 Å². The number of nitrogens with one attached hydrogen (secondary N) is 1. The van der Waals surface area contributed by atoms with E-state index in [4.69, 9.17) is 11.6 Å². The average molecular weight is 222 g/mol. The maximum atomic E-state index is 12.0. The Balaban J connectivity index is 2.53. The molecule has 0 fully saturated rings. The van der Waals surface area contributed by atoms with Crippen LogP contribution < -0.4 is 10.9 Å². The van der Waals surface area contributed by atoms with Crippen molar-refractivity contribution < 1.29 is 0 Å². The van der Waals surface area contributed by atoms with Gasteiger partial charge in [0.2, 0.25) is 5.95 Å². The monoisotopic (exact) mass is 221 g/mol. The minimum atomic E-state index is -0.0643. The summed E-state index contributed by atoms with van der Waals surface area (Å²) in [5, 5.41) is 4.03. The molecular formula is C10H8ClN3O. The first-order valence-corrected chi connectivity index (χ1v) is 5.08. The highest BCUT2D eigenvalue weighted by atomic mass is 35.5. The van der Waals surface area contributed by atoms with Gasteiger partial charge in [0.25, 0.3) is 5.56 Å². The molecule has 0 radical (unpaired) electrons. The van der Waals surface area contributed by atoms with Crippen LogP contribution in [0.5, 0.6) is 0 Å². The van der Waals surface area contributed by atoms with Crippen LogP contribution in [0.4, 0.5) is 5.95 Å². The number of benzene rings is 1. The number of hydrogen-bond donors (Lipinski definition) is 1. The molecule has 0 bridgehead atoms. The van der Waals surface area contributed by atoms with Crippen molar-refractivity contribution in [3.05, 3.63) is 33.6 Å². The van der Waals surface area contributed by atoms with Crippen molar-refractivity contribution in [2.24, 2.45) is 0 Å². The van der Waals surface area contributed by atoms with Crippen LogP contribution >= 0.6 is 11.6 Å². The fourth-order valence-electron chi connectivity index (χ4n) is 1.85. The molecule has 5 heteroatoms. The van der Waals surface area contributed by atoms with Gasteiger partial charge in [-0.15, -0.1) is 0 Å². The maximum Gasteiger partial charge on any atom is 0.264 e. The molecule has 0 amide bonds. The number of aromatic nitrogens is 2. The van der Waals surface area contributed by atoms with Crippen molar-refractivity contribution in [3.8, 4) is 0 Å². The van der Waals surface area contributed by atoms with E-state index in [0.29, 0.717) is 28.4 Å². The largest absolute Gasteiger partial charge is 0.354 e. The highest BCUT2D eigenvalue weighted by Crippen LogP contribution is 2.20. The summed E-state index contributed by atoms with van der Waals surface area (Å²) in [6.07, 6.45) is 0. The lowest BCUT2D eigenvalue weighted by Crippen LogP contribution is -2.19. The lowest BCUT2D eigenvalue weighted by Gasteiger charge is -2.04. The Hall–Kier alpha value is -1.55. The van der Waals surface area contributed by atoms with Crippen LogP contribution in [0, 0.1) is 0 Å². The summed E-state index contributed by atoms with van der Waals surface area (Å²) in [6.45, 7) is 1.40. The third-order valence-electron chi connectivity index (χ3n) is 2.55. The molecule has 0 unspecified atom stereocenters. The first kappa shape index (κ1) is 8.73. The van der Waals surface area contributed by atoms with Gasteiger partial charge >= 0.3 is 0 Å². The lowest BCUT2D eigenvalue weighted by atomic mass is 10.2. The van der Waals surface area contributed by atoms with Gasteiger partial charge in [0.1, 0.15) is 0 Å². The Morgan fingerprint density at radius 1 is 1.47 bits per heavy atom. The molecule has 0 aliphatic carbocycles. The zero-order valence-electron chi connectivity index (χ0n) is 7.83. The standard InChI is InChI=1S/C10H8ClN3O/c11-6-2-1-3-7-8(6)9(15)14-5-4-12-10(14)13-7/h1-3H,4-5H2,(H,12,13). The molecule has 1 aromatic carbocycles. The minimum Gasteiger partial charge on any atom is -0.354 e. The summed E-state index contributed by atoms with van der Waals surface area (Å²) in [7, 11) is 0. The van der Waals surface area contributed by atoms with Crippen molar-refractivity contribution in [2.75, 3.05) is 11.9 Å². The molecule has 3 rings (SSSR count). The number of halogens is 1. The van der Waals surface area contributed by atoms with Crippen molar-refractivity contribution in [1.29, 1.82) is 0 Å². The number of rotatable bonds is 0. The molecule has 1 aromatic heterocycles. The molecule has 0 atom stereocenters. The van der Waals surface area contributed by atoms with Crippen LogP contribution in [0.3, 0.4) is 0 Å². The van der Waals surface area contributed by atoms with E-state index in [0.717, 1.165) is 6.54 Å². The minimum absolute atomic E-state index is 0.0643. The number of hydrogen-bond acceptors (Lipinski definition) is 3.